The summed E-state index contributed by atoms with van der Waals surface area (Å²) in [7, 11) is 2.53. The number of hydrogen-bond acceptors (Lipinski definition) is 8. The van der Waals surface area contributed by atoms with Gasteiger partial charge in [-0.05, 0) is 42.0 Å². The Morgan fingerprint density at radius 2 is 1.41 bits per heavy atom. The third-order valence-electron chi connectivity index (χ3n) is 7.78. The van der Waals surface area contributed by atoms with E-state index in [4.69, 9.17) is 42.1 Å². The summed E-state index contributed by atoms with van der Waals surface area (Å²) in [5.74, 6) is -0.290. The van der Waals surface area contributed by atoms with Gasteiger partial charge in [0.2, 0.25) is 11.8 Å². The van der Waals surface area contributed by atoms with Crippen molar-refractivity contribution in [2.24, 2.45) is 0 Å². The predicted octanol–water partition coefficient (Wildman–Crippen LogP) is 5.61. The summed E-state index contributed by atoms with van der Waals surface area (Å²) in [5.41, 5.74) is 1.16. The SMILES string of the molecule is CNC(=O)[C@H](Cc1ccccc1)N(Cc1c(Cl)cccc1Cl)C(=O)CN(c1cc(OC)ccc1OC)S(=O)(=O)c1ccc(OC)c(OC)c1. The van der Waals surface area contributed by atoms with Crippen molar-refractivity contribution in [1.82, 2.24) is 10.2 Å². The van der Waals surface area contributed by atoms with Crippen molar-refractivity contribution in [3.8, 4) is 23.0 Å². The Morgan fingerprint density at radius 1 is 0.776 bits per heavy atom. The quantitative estimate of drug-likeness (QED) is 0.168. The van der Waals surface area contributed by atoms with Crippen molar-refractivity contribution in [3.63, 3.8) is 0 Å². The first-order valence-corrected chi connectivity index (χ1v) is 17.1. The molecule has 0 fully saturated rings. The maximum atomic E-state index is 14.7. The van der Waals surface area contributed by atoms with E-state index in [0.717, 1.165) is 9.87 Å². The molecule has 14 heteroatoms. The number of likely N-dealkylation sites (N-methyl/N-ethyl adjacent to an activating group) is 1. The fraction of sp³-hybridized carbons (Fsp3) is 0.257. The maximum absolute atomic E-state index is 14.7. The number of methoxy groups -OCH3 is 4. The molecular formula is C35H37Cl2N3O8S. The number of carbonyl (C=O) groups excluding carboxylic acids is 2. The minimum Gasteiger partial charge on any atom is -0.497 e. The van der Waals surface area contributed by atoms with Gasteiger partial charge in [0.1, 0.15) is 24.1 Å². The van der Waals surface area contributed by atoms with E-state index in [9.17, 15) is 18.0 Å². The van der Waals surface area contributed by atoms with Crippen LogP contribution >= 0.6 is 23.2 Å². The highest BCUT2D eigenvalue weighted by Gasteiger charge is 2.36. The van der Waals surface area contributed by atoms with Crippen LogP contribution in [-0.2, 0) is 32.6 Å². The molecule has 0 unspecified atom stereocenters. The number of rotatable bonds is 15. The summed E-state index contributed by atoms with van der Waals surface area (Å²) in [6, 6.07) is 21.6. The van der Waals surface area contributed by atoms with Crippen LogP contribution in [0.1, 0.15) is 11.1 Å². The van der Waals surface area contributed by atoms with Crippen LogP contribution in [0.25, 0.3) is 0 Å². The summed E-state index contributed by atoms with van der Waals surface area (Å²) in [4.78, 5) is 29.3. The number of nitrogens with one attached hydrogen (secondary N) is 1. The van der Waals surface area contributed by atoms with Gasteiger partial charge in [-0.2, -0.15) is 0 Å². The number of benzene rings is 4. The van der Waals surface area contributed by atoms with Crippen molar-refractivity contribution < 1.29 is 37.0 Å². The Kier molecular flexibility index (Phi) is 12.6. The van der Waals surface area contributed by atoms with E-state index in [-0.39, 0.29) is 45.1 Å². The molecule has 4 rings (SSSR count). The molecule has 0 spiro atoms. The van der Waals surface area contributed by atoms with Gasteiger partial charge in [0.15, 0.2) is 11.5 Å². The Balaban J connectivity index is 1.91. The third-order valence-corrected chi connectivity index (χ3v) is 10.2. The summed E-state index contributed by atoms with van der Waals surface area (Å²) in [6.07, 6.45) is 0.110. The maximum Gasteiger partial charge on any atom is 0.265 e. The molecular weight excluding hydrogens is 693 g/mol. The zero-order valence-electron chi connectivity index (χ0n) is 27.6. The second kappa shape index (κ2) is 16.6. The fourth-order valence-corrected chi connectivity index (χ4v) is 7.13. The molecule has 0 bridgehead atoms. The fourth-order valence-electron chi connectivity index (χ4n) is 5.18. The Morgan fingerprint density at radius 3 is 2.00 bits per heavy atom. The van der Waals surface area contributed by atoms with Crippen LogP contribution in [0.15, 0.2) is 89.8 Å². The highest BCUT2D eigenvalue weighted by atomic mass is 35.5. The molecule has 2 amide bonds. The Hall–Kier alpha value is -4.65. The smallest absolute Gasteiger partial charge is 0.265 e. The summed E-state index contributed by atoms with van der Waals surface area (Å²) < 4.78 is 51.7. The van der Waals surface area contributed by atoms with Crippen LogP contribution in [0, 0.1) is 0 Å². The molecule has 49 heavy (non-hydrogen) atoms. The first-order chi connectivity index (χ1) is 23.5. The molecule has 4 aromatic rings. The van der Waals surface area contributed by atoms with E-state index in [2.05, 4.69) is 5.32 Å². The first kappa shape index (κ1) is 37.2. The van der Waals surface area contributed by atoms with Gasteiger partial charge >= 0.3 is 0 Å². The summed E-state index contributed by atoms with van der Waals surface area (Å²) in [5, 5.41) is 3.18. The second-order valence-electron chi connectivity index (χ2n) is 10.6. The monoisotopic (exact) mass is 729 g/mol. The molecule has 0 heterocycles. The molecule has 4 aromatic carbocycles. The van der Waals surface area contributed by atoms with Gasteiger partial charge in [-0.3, -0.25) is 13.9 Å². The van der Waals surface area contributed by atoms with E-state index in [1.54, 1.807) is 24.3 Å². The molecule has 0 saturated carbocycles. The lowest BCUT2D eigenvalue weighted by molar-refractivity contribution is -0.139. The molecule has 0 saturated heterocycles. The molecule has 0 aliphatic rings. The lowest BCUT2D eigenvalue weighted by Gasteiger charge is -2.34. The summed E-state index contributed by atoms with van der Waals surface area (Å²) in [6.45, 7) is -0.966. The molecule has 0 aromatic heterocycles. The number of carbonyl (C=O) groups is 2. The lowest BCUT2D eigenvalue weighted by atomic mass is 10.0. The number of amides is 2. The van der Waals surface area contributed by atoms with Gasteiger partial charge in [-0.25, -0.2) is 8.42 Å². The summed E-state index contributed by atoms with van der Waals surface area (Å²) >= 11 is 13.1. The van der Waals surface area contributed by atoms with E-state index in [1.807, 2.05) is 30.3 Å². The van der Waals surface area contributed by atoms with Gasteiger partial charge in [-0.1, -0.05) is 59.6 Å². The number of ether oxygens (including phenoxy) is 4. The average molecular weight is 731 g/mol. The molecule has 0 aliphatic heterocycles. The predicted molar refractivity (Wildman–Crippen MR) is 189 cm³/mol. The number of anilines is 1. The van der Waals surface area contributed by atoms with Crippen LogP contribution in [-0.4, -0.2) is 73.2 Å². The molecule has 0 aliphatic carbocycles. The van der Waals surface area contributed by atoms with Crippen LogP contribution < -0.4 is 28.6 Å². The van der Waals surface area contributed by atoms with Crippen LogP contribution in [0.5, 0.6) is 23.0 Å². The second-order valence-corrected chi connectivity index (χ2v) is 13.3. The largest absolute Gasteiger partial charge is 0.497 e. The average Bonchev–Trinajstić information content (AvgIpc) is 3.12. The zero-order valence-corrected chi connectivity index (χ0v) is 29.9. The van der Waals surface area contributed by atoms with Gasteiger partial charge in [0.25, 0.3) is 10.0 Å². The van der Waals surface area contributed by atoms with Crippen molar-refractivity contribution in [3.05, 3.63) is 106 Å². The molecule has 260 valence electrons. The van der Waals surface area contributed by atoms with E-state index < -0.39 is 34.4 Å². The van der Waals surface area contributed by atoms with E-state index >= 15 is 0 Å². The van der Waals surface area contributed by atoms with Gasteiger partial charge in [-0.15, -0.1) is 0 Å². The first-order valence-electron chi connectivity index (χ1n) is 14.9. The van der Waals surface area contributed by atoms with Crippen LogP contribution in [0.3, 0.4) is 0 Å². The van der Waals surface area contributed by atoms with Gasteiger partial charge in [0, 0.05) is 47.8 Å². The minimum atomic E-state index is -4.54. The highest BCUT2D eigenvalue weighted by Crippen LogP contribution is 2.38. The van der Waals surface area contributed by atoms with Crippen molar-refractivity contribution in [1.29, 1.82) is 0 Å². The standard InChI is InChI=1S/C35H37Cl2N3O8S/c1-38-35(42)30(18-23-10-7-6-8-11-23)39(21-26-27(36)12-9-13-28(26)37)34(41)22-40(29-19-24(45-2)14-16-31(29)46-3)49(43,44)25-15-17-32(47-4)33(20-25)48-5/h6-17,19-20,30H,18,21-22H2,1-5H3,(H,38,42)/t30-/m0/s1. The number of nitrogens with zero attached hydrogens (tertiary/aromatic N) is 2. The molecule has 1 N–H and O–H groups in total. The van der Waals surface area contributed by atoms with Crippen molar-refractivity contribution in [2.75, 3.05) is 46.3 Å². The Labute approximate surface area is 296 Å². The third kappa shape index (κ3) is 8.51. The number of hydrogen-bond donors (Lipinski definition) is 1. The minimum absolute atomic E-state index is 0.0141. The van der Waals surface area contributed by atoms with Gasteiger partial charge in [0.05, 0.1) is 39.0 Å². The lowest BCUT2D eigenvalue weighted by Crippen LogP contribution is -2.53. The molecule has 1 atom stereocenters. The molecule has 0 radical (unpaired) electrons. The zero-order chi connectivity index (χ0) is 35.7. The van der Waals surface area contributed by atoms with E-state index in [1.165, 1.54) is 70.7 Å². The number of sulfonamides is 1. The normalized spacial score (nSPS) is 11.7. The van der Waals surface area contributed by atoms with Crippen LogP contribution in [0.2, 0.25) is 10.0 Å². The van der Waals surface area contributed by atoms with Crippen molar-refractivity contribution >= 4 is 50.7 Å². The van der Waals surface area contributed by atoms with E-state index in [0.29, 0.717) is 17.1 Å². The highest BCUT2D eigenvalue weighted by molar-refractivity contribution is 7.92. The topological polar surface area (TPSA) is 124 Å². The van der Waals surface area contributed by atoms with Gasteiger partial charge < -0.3 is 29.2 Å². The molecule has 11 nitrogen and oxygen atoms in total. The van der Waals surface area contributed by atoms with Crippen molar-refractivity contribution in [2.45, 2.75) is 23.9 Å². The number of halogens is 2. The van der Waals surface area contributed by atoms with Crippen LogP contribution in [0.4, 0.5) is 5.69 Å². The Bertz CT molecular complexity index is 1870.